The maximum atomic E-state index is 10.4. The Bertz CT molecular complexity index is 307. The van der Waals surface area contributed by atoms with E-state index in [-0.39, 0.29) is 5.41 Å². The van der Waals surface area contributed by atoms with Crippen LogP contribution >= 0.6 is 11.3 Å². The van der Waals surface area contributed by atoms with Crippen LogP contribution in [0.4, 0.5) is 0 Å². The van der Waals surface area contributed by atoms with Crippen LogP contribution in [-0.4, -0.2) is 23.8 Å². The molecule has 1 aromatic rings. The molecular weight excluding hydrogens is 206 g/mol. The van der Waals surface area contributed by atoms with E-state index in [1.54, 1.807) is 11.3 Å². The van der Waals surface area contributed by atoms with E-state index >= 15 is 0 Å². The van der Waals surface area contributed by atoms with E-state index < -0.39 is 5.60 Å². The second kappa shape index (κ2) is 3.89. The minimum Gasteiger partial charge on any atom is -0.390 e. The molecule has 1 aliphatic rings. The molecule has 0 atom stereocenters. The van der Waals surface area contributed by atoms with Crippen molar-refractivity contribution in [1.29, 1.82) is 0 Å². The highest BCUT2D eigenvalue weighted by molar-refractivity contribution is 7.08. The Morgan fingerprint density at radius 3 is 2.53 bits per heavy atom. The van der Waals surface area contributed by atoms with Gasteiger partial charge in [0, 0.05) is 5.41 Å². The molecule has 3 heteroatoms. The molecule has 1 aromatic heterocycles. The summed E-state index contributed by atoms with van der Waals surface area (Å²) in [5, 5.41) is 18.1. The predicted octanol–water partition coefficient (Wildman–Crippen LogP) is 2.14. The Morgan fingerprint density at radius 2 is 2.07 bits per heavy atom. The molecule has 0 radical (unpaired) electrons. The molecular formula is C12H19NOS. The first-order chi connectivity index (χ1) is 7.06. The molecule has 0 aliphatic carbocycles. The van der Waals surface area contributed by atoms with E-state index in [1.807, 2.05) is 13.8 Å². The smallest absolute Gasteiger partial charge is 0.0689 e. The van der Waals surface area contributed by atoms with Gasteiger partial charge < -0.3 is 10.4 Å². The summed E-state index contributed by atoms with van der Waals surface area (Å²) in [6.45, 7) is 5.88. The normalized spacial score (nSPS) is 21.5. The fraction of sp³-hybridized carbons (Fsp3) is 0.667. The fourth-order valence-electron chi connectivity index (χ4n) is 2.64. The predicted molar refractivity (Wildman–Crippen MR) is 64.4 cm³/mol. The molecule has 2 rings (SSSR count). The van der Waals surface area contributed by atoms with Crippen LogP contribution in [0.2, 0.25) is 0 Å². The molecule has 0 aromatic carbocycles. The van der Waals surface area contributed by atoms with Crippen LogP contribution in [0.1, 0.15) is 32.3 Å². The van der Waals surface area contributed by atoms with Gasteiger partial charge in [0.2, 0.25) is 0 Å². The van der Waals surface area contributed by atoms with Crippen molar-refractivity contribution in [2.45, 2.75) is 37.7 Å². The van der Waals surface area contributed by atoms with Crippen molar-refractivity contribution in [1.82, 2.24) is 5.32 Å². The van der Waals surface area contributed by atoms with Gasteiger partial charge in [-0.3, -0.25) is 0 Å². The highest BCUT2D eigenvalue weighted by Gasteiger charge is 2.45. The van der Waals surface area contributed by atoms with Crippen molar-refractivity contribution in [3.8, 4) is 0 Å². The Kier molecular flexibility index (Phi) is 2.88. The molecule has 1 aliphatic heterocycles. The molecule has 0 unspecified atom stereocenters. The van der Waals surface area contributed by atoms with Crippen molar-refractivity contribution in [2.75, 3.05) is 13.1 Å². The summed E-state index contributed by atoms with van der Waals surface area (Å²) in [6.07, 6.45) is 2.04. The van der Waals surface area contributed by atoms with E-state index in [0.717, 1.165) is 25.9 Å². The molecule has 15 heavy (non-hydrogen) atoms. The molecule has 0 amide bonds. The summed E-state index contributed by atoms with van der Waals surface area (Å²) in [5.41, 5.74) is 0.607. The minimum atomic E-state index is -0.643. The Hall–Kier alpha value is -0.380. The Balaban J connectivity index is 2.39. The van der Waals surface area contributed by atoms with Gasteiger partial charge in [0.1, 0.15) is 0 Å². The average molecular weight is 225 g/mol. The maximum absolute atomic E-state index is 10.4. The Labute approximate surface area is 95.3 Å². The summed E-state index contributed by atoms with van der Waals surface area (Å²) in [4.78, 5) is 0. The minimum absolute atomic E-state index is 0.0573. The first-order valence-electron chi connectivity index (χ1n) is 5.52. The molecule has 2 heterocycles. The van der Waals surface area contributed by atoms with Crippen LogP contribution in [0.5, 0.6) is 0 Å². The molecule has 1 saturated heterocycles. The van der Waals surface area contributed by atoms with Crippen LogP contribution in [0, 0.1) is 0 Å². The zero-order valence-electron chi connectivity index (χ0n) is 9.42. The summed E-state index contributed by atoms with van der Waals surface area (Å²) in [5.74, 6) is 0. The van der Waals surface area contributed by atoms with Gasteiger partial charge in [0.15, 0.2) is 0 Å². The van der Waals surface area contributed by atoms with Gasteiger partial charge in [0.05, 0.1) is 5.60 Å². The molecule has 0 saturated carbocycles. The maximum Gasteiger partial charge on any atom is 0.0689 e. The first-order valence-corrected chi connectivity index (χ1v) is 6.46. The zero-order valence-corrected chi connectivity index (χ0v) is 10.2. The molecule has 1 fully saturated rings. The number of thiophene rings is 1. The summed E-state index contributed by atoms with van der Waals surface area (Å²) >= 11 is 1.72. The van der Waals surface area contributed by atoms with Gasteiger partial charge in [-0.05, 0) is 62.2 Å². The van der Waals surface area contributed by atoms with E-state index in [4.69, 9.17) is 0 Å². The van der Waals surface area contributed by atoms with Crippen molar-refractivity contribution in [2.24, 2.45) is 0 Å². The van der Waals surface area contributed by atoms with Crippen molar-refractivity contribution >= 4 is 11.3 Å². The lowest BCUT2D eigenvalue weighted by molar-refractivity contribution is -0.0227. The van der Waals surface area contributed by atoms with Crippen LogP contribution in [-0.2, 0) is 5.41 Å². The van der Waals surface area contributed by atoms with Gasteiger partial charge in [-0.2, -0.15) is 11.3 Å². The third-order valence-electron chi connectivity index (χ3n) is 3.70. The number of rotatable bonds is 2. The number of aliphatic hydroxyl groups is 1. The molecule has 0 spiro atoms. The highest BCUT2D eigenvalue weighted by atomic mass is 32.1. The number of piperidine rings is 1. The number of hydrogen-bond acceptors (Lipinski definition) is 3. The van der Waals surface area contributed by atoms with Crippen molar-refractivity contribution < 1.29 is 5.11 Å². The SMILES string of the molecule is CC(C)(O)C1(c2ccsc2)CCNCC1. The van der Waals surface area contributed by atoms with E-state index in [2.05, 4.69) is 22.1 Å². The van der Waals surface area contributed by atoms with Gasteiger partial charge in [0.25, 0.3) is 0 Å². The lowest BCUT2D eigenvalue weighted by atomic mass is 9.64. The quantitative estimate of drug-likeness (QED) is 0.808. The van der Waals surface area contributed by atoms with Gasteiger partial charge >= 0.3 is 0 Å². The summed E-state index contributed by atoms with van der Waals surface area (Å²) < 4.78 is 0. The lowest BCUT2D eigenvalue weighted by Crippen LogP contribution is -2.53. The molecule has 2 N–H and O–H groups in total. The largest absolute Gasteiger partial charge is 0.390 e. The summed E-state index contributed by atoms with van der Waals surface area (Å²) in [6, 6.07) is 2.16. The van der Waals surface area contributed by atoms with Crippen molar-refractivity contribution in [3.63, 3.8) is 0 Å². The van der Waals surface area contributed by atoms with Gasteiger partial charge in [-0.25, -0.2) is 0 Å². The van der Waals surface area contributed by atoms with E-state index in [9.17, 15) is 5.11 Å². The van der Waals surface area contributed by atoms with E-state index in [1.165, 1.54) is 5.56 Å². The Morgan fingerprint density at radius 1 is 1.40 bits per heavy atom. The van der Waals surface area contributed by atoms with Crippen LogP contribution < -0.4 is 5.32 Å². The zero-order chi connectivity index (χ0) is 10.9. The topological polar surface area (TPSA) is 32.3 Å². The third kappa shape index (κ3) is 1.84. The van der Waals surface area contributed by atoms with Crippen LogP contribution in [0.3, 0.4) is 0 Å². The van der Waals surface area contributed by atoms with Crippen LogP contribution in [0.15, 0.2) is 16.8 Å². The first kappa shape index (κ1) is 11.1. The van der Waals surface area contributed by atoms with Gasteiger partial charge in [-0.15, -0.1) is 0 Å². The van der Waals surface area contributed by atoms with Crippen LogP contribution in [0.25, 0.3) is 0 Å². The molecule has 0 bridgehead atoms. The number of nitrogens with one attached hydrogen (secondary N) is 1. The fourth-order valence-corrected chi connectivity index (χ4v) is 3.40. The monoisotopic (exact) mass is 225 g/mol. The third-order valence-corrected chi connectivity index (χ3v) is 4.39. The molecule has 2 nitrogen and oxygen atoms in total. The summed E-state index contributed by atoms with van der Waals surface area (Å²) in [7, 11) is 0. The standard InChI is InChI=1S/C12H19NOS/c1-11(2,14)12(4-6-13-7-5-12)10-3-8-15-9-10/h3,8-9,13-14H,4-7H2,1-2H3. The average Bonchev–Trinajstić information content (AvgIpc) is 2.70. The highest BCUT2D eigenvalue weighted by Crippen LogP contribution is 2.43. The van der Waals surface area contributed by atoms with E-state index in [0.29, 0.717) is 0 Å². The van der Waals surface area contributed by atoms with Crippen molar-refractivity contribution in [3.05, 3.63) is 22.4 Å². The second-order valence-electron chi connectivity index (χ2n) is 4.90. The second-order valence-corrected chi connectivity index (χ2v) is 5.68. The number of hydrogen-bond donors (Lipinski definition) is 2. The van der Waals surface area contributed by atoms with Gasteiger partial charge in [-0.1, -0.05) is 0 Å². The lowest BCUT2D eigenvalue weighted by Gasteiger charge is -2.46. The molecule has 84 valence electrons.